The van der Waals surface area contributed by atoms with E-state index in [-0.39, 0.29) is 17.7 Å². The van der Waals surface area contributed by atoms with Crippen molar-refractivity contribution in [2.75, 3.05) is 20.3 Å². The molecule has 1 aliphatic heterocycles. The number of nitrogens with zero attached hydrogens (tertiary/aromatic N) is 1. The van der Waals surface area contributed by atoms with Crippen molar-refractivity contribution in [1.29, 1.82) is 0 Å². The van der Waals surface area contributed by atoms with E-state index >= 15 is 0 Å². The maximum atomic E-state index is 6.07. The first-order chi connectivity index (χ1) is 11.8. The van der Waals surface area contributed by atoms with Gasteiger partial charge in [-0.3, -0.25) is 4.90 Å². The summed E-state index contributed by atoms with van der Waals surface area (Å²) < 4.78 is 11.9. The number of thioether (sulfide) groups is 1. The van der Waals surface area contributed by atoms with Crippen LogP contribution in [0, 0.1) is 0 Å². The minimum atomic E-state index is -0.279. The van der Waals surface area contributed by atoms with Gasteiger partial charge in [-0.2, -0.15) is 0 Å². The third-order valence-electron chi connectivity index (χ3n) is 4.11. The zero-order valence-electron chi connectivity index (χ0n) is 13.9. The standard InChI is InChI=1S/C20H23NO2S/c1-3-14-22-20-19(24-17-12-8-5-9-13-17)21(2)18(15-23-20)16-10-6-4-7-11-16/h3-13,18-20H,1,14-15H2,2H3/t18-,19+,20+/m0/s1. The first kappa shape index (κ1) is 17.2. The van der Waals surface area contributed by atoms with E-state index in [9.17, 15) is 0 Å². The highest BCUT2D eigenvalue weighted by atomic mass is 32.2. The molecular weight excluding hydrogens is 318 g/mol. The first-order valence-corrected chi connectivity index (χ1v) is 9.00. The van der Waals surface area contributed by atoms with Gasteiger partial charge in [0.15, 0.2) is 6.29 Å². The summed E-state index contributed by atoms with van der Waals surface area (Å²) in [7, 11) is 2.14. The van der Waals surface area contributed by atoms with E-state index in [1.54, 1.807) is 17.8 Å². The van der Waals surface area contributed by atoms with Crippen LogP contribution >= 0.6 is 11.8 Å². The summed E-state index contributed by atoms with van der Waals surface area (Å²) in [6, 6.07) is 21.1. The van der Waals surface area contributed by atoms with Crippen molar-refractivity contribution < 1.29 is 9.47 Å². The van der Waals surface area contributed by atoms with Crippen molar-refractivity contribution in [2.45, 2.75) is 22.6 Å². The van der Waals surface area contributed by atoms with E-state index in [1.165, 1.54) is 10.5 Å². The molecular formula is C20H23NO2S. The van der Waals surface area contributed by atoms with Crippen LogP contribution in [0.1, 0.15) is 11.6 Å². The monoisotopic (exact) mass is 341 g/mol. The van der Waals surface area contributed by atoms with E-state index < -0.39 is 0 Å². The van der Waals surface area contributed by atoms with E-state index in [0.717, 1.165) is 0 Å². The van der Waals surface area contributed by atoms with Crippen molar-refractivity contribution in [3.8, 4) is 0 Å². The van der Waals surface area contributed by atoms with Gasteiger partial charge in [0.05, 0.1) is 19.3 Å². The molecule has 4 heteroatoms. The normalized spacial score (nSPS) is 24.6. The Hall–Kier alpha value is -1.59. The molecule has 0 N–H and O–H groups in total. The van der Waals surface area contributed by atoms with Crippen LogP contribution in [0.2, 0.25) is 0 Å². The highest BCUT2D eigenvalue weighted by Crippen LogP contribution is 2.37. The number of hydrogen-bond donors (Lipinski definition) is 0. The van der Waals surface area contributed by atoms with Gasteiger partial charge < -0.3 is 9.47 Å². The summed E-state index contributed by atoms with van der Waals surface area (Å²) in [5.74, 6) is 0. The fraction of sp³-hybridized carbons (Fsp3) is 0.300. The minimum absolute atomic E-state index is 0.0753. The summed E-state index contributed by atoms with van der Waals surface area (Å²) in [5.41, 5.74) is 1.26. The smallest absolute Gasteiger partial charge is 0.183 e. The van der Waals surface area contributed by atoms with Crippen LogP contribution in [0.15, 0.2) is 78.2 Å². The van der Waals surface area contributed by atoms with Crippen LogP contribution in [0.3, 0.4) is 0 Å². The molecule has 3 rings (SSSR count). The third-order valence-corrected chi connectivity index (χ3v) is 5.45. The van der Waals surface area contributed by atoms with Gasteiger partial charge in [-0.05, 0) is 24.7 Å². The molecule has 2 aromatic carbocycles. The topological polar surface area (TPSA) is 21.7 Å². The Morgan fingerprint density at radius 2 is 1.83 bits per heavy atom. The first-order valence-electron chi connectivity index (χ1n) is 8.12. The number of hydrogen-bond acceptors (Lipinski definition) is 4. The van der Waals surface area contributed by atoms with Gasteiger partial charge >= 0.3 is 0 Å². The zero-order valence-corrected chi connectivity index (χ0v) is 14.7. The second-order valence-electron chi connectivity index (χ2n) is 5.74. The van der Waals surface area contributed by atoms with Crippen LogP contribution in [-0.2, 0) is 9.47 Å². The lowest BCUT2D eigenvalue weighted by molar-refractivity contribution is -0.195. The Balaban J connectivity index is 1.81. The molecule has 3 nitrogen and oxygen atoms in total. The zero-order chi connectivity index (χ0) is 16.8. The molecule has 0 unspecified atom stereocenters. The molecule has 0 amide bonds. The second-order valence-corrected chi connectivity index (χ2v) is 6.93. The highest BCUT2D eigenvalue weighted by Gasteiger charge is 2.37. The molecule has 3 atom stereocenters. The molecule has 2 aromatic rings. The van der Waals surface area contributed by atoms with Crippen LogP contribution in [0.4, 0.5) is 0 Å². The average molecular weight is 341 g/mol. The molecule has 1 saturated heterocycles. The molecule has 0 spiro atoms. The number of benzene rings is 2. The highest BCUT2D eigenvalue weighted by molar-refractivity contribution is 8.00. The predicted octanol–water partition coefficient (Wildman–Crippen LogP) is 4.34. The molecule has 0 aromatic heterocycles. The summed E-state index contributed by atoms with van der Waals surface area (Å²) in [6.45, 7) is 4.84. The van der Waals surface area contributed by atoms with Crippen LogP contribution < -0.4 is 0 Å². The van der Waals surface area contributed by atoms with Gasteiger partial charge in [0.25, 0.3) is 0 Å². The molecule has 1 heterocycles. The summed E-state index contributed by atoms with van der Waals surface area (Å²) in [5, 5.41) is 0.0753. The van der Waals surface area contributed by atoms with E-state index in [1.807, 2.05) is 12.1 Å². The van der Waals surface area contributed by atoms with Gasteiger partial charge in [0, 0.05) is 4.90 Å². The van der Waals surface area contributed by atoms with Gasteiger partial charge in [0.2, 0.25) is 0 Å². The molecule has 0 bridgehead atoms. The van der Waals surface area contributed by atoms with Crippen molar-refractivity contribution >= 4 is 11.8 Å². The Morgan fingerprint density at radius 3 is 2.50 bits per heavy atom. The van der Waals surface area contributed by atoms with Crippen LogP contribution in [0.25, 0.3) is 0 Å². The molecule has 1 fully saturated rings. The summed E-state index contributed by atoms with van der Waals surface area (Å²) >= 11 is 1.77. The molecule has 0 aliphatic carbocycles. The van der Waals surface area contributed by atoms with Crippen molar-refractivity contribution in [1.82, 2.24) is 4.90 Å². The van der Waals surface area contributed by atoms with E-state index in [4.69, 9.17) is 9.47 Å². The Labute approximate surface area is 148 Å². The third kappa shape index (κ3) is 4.08. The Bertz CT molecular complexity index is 635. The largest absolute Gasteiger partial charge is 0.348 e. The van der Waals surface area contributed by atoms with Gasteiger partial charge in [-0.1, -0.05) is 54.6 Å². The number of morpholine rings is 1. The Kier molecular flexibility index (Phi) is 6.10. The van der Waals surface area contributed by atoms with E-state index in [0.29, 0.717) is 13.2 Å². The quantitative estimate of drug-likeness (QED) is 0.729. The number of likely N-dealkylation sites (N-methyl/N-ethyl adjacent to an activating group) is 1. The second kappa shape index (κ2) is 8.49. The molecule has 0 radical (unpaired) electrons. The van der Waals surface area contributed by atoms with Crippen LogP contribution in [0.5, 0.6) is 0 Å². The van der Waals surface area contributed by atoms with Gasteiger partial charge in [-0.15, -0.1) is 18.3 Å². The number of rotatable bonds is 6. The summed E-state index contributed by atoms with van der Waals surface area (Å²) in [6.07, 6.45) is 1.48. The molecule has 126 valence electrons. The lowest BCUT2D eigenvalue weighted by Crippen LogP contribution is -2.50. The molecule has 0 saturated carbocycles. The number of ether oxygens (including phenoxy) is 2. The fourth-order valence-corrected chi connectivity index (χ4v) is 4.01. The van der Waals surface area contributed by atoms with Crippen molar-refractivity contribution in [3.63, 3.8) is 0 Å². The molecule has 1 aliphatic rings. The van der Waals surface area contributed by atoms with E-state index in [2.05, 4.69) is 67.1 Å². The van der Waals surface area contributed by atoms with Crippen molar-refractivity contribution in [3.05, 3.63) is 78.9 Å². The predicted molar refractivity (Wildman–Crippen MR) is 98.9 cm³/mol. The lowest BCUT2D eigenvalue weighted by Gasteiger charge is -2.43. The van der Waals surface area contributed by atoms with Crippen molar-refractivity contribution in [2.24, 2.45) is 0 Å². The van der Waals surface area contributed by atoms with Crippen LogP contribution in [-0.4, -0.2) is 36.8 Å². The Morgan fingerprint density at radius 1 is 1.17 bits per heavy atom. The SMILES string of the molecule is C=CCO[C@@H]1OC[C@@H](c2ccccc2)N(C)[C@@H]1Sc1ccccc1. The maximum absolute atomic E-state index is 6.07. The summed E-state index contributed by atoms with van der Waals surface area (Å²) in [4.78, 5) is 3.56. The fourth-order valence-electron chi connectivity index (χ4n) is 2.83. The molecule has 24 heavy (non-hydrogen) atoms. The maximum Gasteiger partial charge on any atom is 0.183 e. The van der Waals surface area contributed by atoms with Gasteiger partial charge in [-0.25, -0.2) is 0 Å². The lowest BCUT2D eigenvalue weighted by atomic mass is 10.1. The average Bonchev–Trinajstić information content (AvgIpc) is 2.64. The van der Waals surface area contributed by atoms with Gasteiger partial charge in [0.1, 0.15) is 5.37 Å². The minimum Gasteiger partial charge on any atom is -0.348 e.